The van der Waals surface area contributed by atoms with E-state index in [0.29, 0.717) is 0 Å². The number of nitrogens with one attached hydrogen (secondary N) is 1. The van der Waals surface area contributed by atoms with Crippen molar-refractivity contribution >= 4 is 0 Å². The first kappa shape index (κ1) is 9.63. The minimum Gasteiger partial charge on any atom is -0.491 e. The van der Waals surface area contributed by atoms with Crippen molar-refractivity contribution in [2.45, 2.75) is 6.18 Å². The average Bonchev–Trinajstić information content (AvgIpc) is 2.02. The van der Waals surface area contributed by atoms with E-state index in [4.69, 9.17) is 0 Å². The van der Waals surface area contributed by atoms with E-state index in [1.54, 1.807) is 4.98 Å². The summed E-state index contributed by atoms with van der Waals surface area (Å²) in [6.07, 6.45) is -4.54. The van der Waals surface area contributed by atoms with E-state index in [0.717, 1.165) is 12.1 Å². The van der Waals surface area contributed by atoms with Gasteiger partial charge in [-0.15, -0.1) is 0 Å². The molecule has 1 N–H and O–H groups in total. The fourth-order valence-corrected chi connectivity index (χ4v) is 0.786. The quantitative estimate of drug-likeness (QED) is 0.732. The van der Waals surface area contributed by atoms with Gasteiger partial charge in [0.05, 0.1) is 7.11 Å². The molecule has 13 heavy (non-hydrogen) atoms. The summed E-state index contributed by atoms with van der Waals surface area (Å²) in [7, 11) is 1.21. The molecular weight excluding hydrogens is 187 g/mol. The first-order chi connectivity index (χ1) is 5.95. The molecular formula is C7H6F3NO2. The van der Waals surface area contributed by atoms with Gasteiger partial charge in [0, 0.05) is 0 Å². The number of methoxy groups -OCH3 is 1. The summed E-state index contributed by atoms with van der Waals surface area (Å²) >= 11 is 0. The van der Waals surface area contributed by atoms with E-state index in [-0.39, 0.29) is 5.75 Å². The molecule has 1 rings (SSSR count). The SMILES string of the molecule is COc1ccc(C(F)(F)F)[nH]c1=O. The molecule has 1 aromatic heterocycles. The van der Waals surface area contributed by atoms with Crippen molar-refractivity contribution in [3.63, 3.8) is 0 Å². The topological polar surface area (TPSA) is 42.1 Å². The number of rotatable bonds is 1. The number of pyridine rings is 1. The highest BCUT2D eigenvalue weighted by molar-refractivity contribution is 5.21. The van der Waals surface area contributed by atoms with Gasteiger partial charge in [0.25, 0.3) is 5.56 Å². The molecule has 1 aromatic rings. The van der Waals surface area contributed by atoms with Crippen LogP contribution in [-0.4, -0.2) is 12.1 Å². The summed E-state index contributed by atoms with van der Waals surface area (Å²) in [6, 6.07) is 1.72. The van der Waals surface area contributed by atoms with Crippen molar-refractivity contribution < 1.29 is 17.9 Å². The summed E-state index contributed by atoms with van der Waals surface area (Å²) in [6.45, 7) is 0. The Kier molecular flexibility index (Phi) is 2.31. The van der Waals surface area contributed by atoms with Gasteiger partial charge in [-0.25, -0.2) is 0 Å². The van der Waals surface area contributed by atoms with Crippen LogP contribution in [0.1, 0.15) is 5.69 Å². The standard InChI is InChI=1S/C7H6F3NO2/c1-13-4-2-3-5(7(8,9)10)11-6(4)12/h2-3H,1H3,(H,11,12). The minimum atomic E-state index is -4.54. The van der Waals surface area contributed by atoms with Gasteiger partial charge < -0.3 is 9.72 Å². The first-order valence-corrected chi connectivity index (χ1v) is 3.29. The molecule has 0 aromatic carbocycles. The van der Waals surface area contributed by atoms with Crippen molar-refractivity contribution in [2.24, 2.45) is 0 Å². The Morgan fingerprint density at radius 3 is 2.38 bits per heavy atom. The van der Waals surface area contributed by atoms with Gasteiger partial charge in [-0.1, -0.05) is 0 Å². The number of hydrogen-bond donors (Lipinski definition) is 1. The maximum Gasteiger partial charge on any atom is 0.431 e. The third-order valence-electron chi connectivity index (χ3n) is 1.40. The molecule has 0 radical (unpaired) electrons. The predicted molar refractivity (Wildman–Crippen MR) is 38.6 cm³/mol. The smallest absolute Gasteiger partial charge is 0.431 e. The zero-order chi connectivity index (χ0) is 10.1. The zero-order valence-corrected chi connectivity index (χ0v) is 6.61. The second-order valence-corrected chi connectivity index (χ2v) is 2.27. The lowest BCUT2D eigenvalue weighted by molar-refractivity contribution is -0.141. The van der Waals surface area contributed by atoms with Crippen LogP contribution in [0.15, 0.2) is 16.9 Å². The maximum atomic E-state index is 12.0. The van der Waals surface area contributed by atoms with Crippen LogP contribution in [0.5, 0.6) is 5.75 Å². The highest BCUT2D eigenvalue weighted by Crippen LogP contribution is 2.26. The molecule has 0 unspecified atom stereocenters. The Morgan fingerprint density at radius 1 is 1.38 bits per heavy atom. The Labute approximate surface area is 71.2 Å². The number of hydrogen-bond acceptors (Lipinski definition) is 2. The Hall–Kier alpha value is -1.46. The summed E-state index contributed by atoms with van der Waals surface area (Å²) < 4.78 is 40.5. The van der Waals surface area contributed by atoms with Crippen LogP contribution < -0.4 is 10.3 Å². The zero-order valence-electron chi connectivity index (χ0n) is 6.61. The van der Waals surface area contributed by atoms with Crippen LogP contribution in [0.2, 0.25) is 0 Å². The van der Waals surface area contributed by atoms with Gasteiger partial charge in [0.1, 0.15) is 5.69 Å². The van der Waals surface area contributed by atoms with Crippen LogP contribution in [0.3, 0.4) is 0 Å². The Morgan fingerprint density at radius 2 is 2.00 bits per heavy atom. The summed E-state index contributed by atoms with van der Waals surface area (Å²) in [4.78, 5) is 12.5. The van der Waals surface area contributed by atoms with Crippen LogP contribution in [0.25, 0.3) is 0 Å². The monoisotopic (exact) mass is 193 g/mol. The fourth-order valence-electron chi connectivity index (χ4n) is 0.786. The number of aromatic amines is 1. The lowest BCUT2D eigenvalue weighted by Gasteiger charge is -2.06. The Bertz CT molecular complexity index is 355. The van der Waals surface area contributed by atoms with Crippen LogP contribution >= 0.6 is 0 Å². The molecule has 0 aliphatic heterocycles. The molecule has 72 valence electrons. The van der Waals surface area contributed by atoms with Gasteiger partial charge in [0.2, 0.25) is 0 Å². The summed E-state index contributed by atoms with van der Waals surface area (Å²) in [5.74, 6) is -0.145. The molecule has 0 saturated carbocycles. The number of alkyl halides is 3. The van der Waals surface area contributed by atoms with Gasteiger partial charge in [-0.3, -0.25) is 4.79 Å². The molecule has 0 saturated heterocycles. The van der Waals surface area contributed by atoms with E-state index in [2.05, 4.69) is 4.74 Å². The highest BCUT2D eigenvalue weighted by atomic mass is 19.4. The second-order valence-electron chi connectivity index (χ2n) is 2.27. The molecule has 0 spiro atoms. The van der Waals surface area contributed by atoms with Crippen molar-refractivity contribution in [3.05, 3.63) is 28.2 Å². The third kappa shape index (κ3) is 2.01. The summed E-state index contributed by atoms with van der Waals surface area (Å²) in [5.41, 5.74) is -1.98. The molecule has 6 heteroatoms. The van der Waals surface area contributed by atoms with Crippen molar-refractivity contribution in [1.29, 1.82) is 0 Å². The third-order valence-corrected chi connectivity index (χ3v) is 1.40. The van der Waals surface area contributed by atoms with E-state index < -0.39 is 17.4 Å². The van der Waals surface area contributed by atoms with Gasteiger partial charge >= 0.3 is 6.18 Å². The molecule has 0 aliphatic rings. The van der Waals surface area contributed by atoms with E-state index in [9.17, 15) is 18.0 Å². The van der Waals surface area contributed by atoms with Crippen LogP contribution in [0, 0.1) is 0 Å². The van der Waals surface area contributed by atoms with E-state index in [1.165, 1.54) is 7.11 Å². The summed E-state index contributed by atoms with van der Waals surface area (Å²) in [5, 5.41) is 0. The van der Waals surface area contributed by atoms with Gasteiger partial charge in [0.15, 0.2) is 5.75 Å². The minimum absolute atomic E-state index is 0.145. The van der Waals surface area contributed by atoms with Crippen LogP contribution in [-0.2, 0) is 6.18 Å². The predicted octanol–water partition coefficient (Wildman–Crippen LogP) is 1.40. The second kappa shape index (κ2) is 3.12. The Balaban J connectivity index is 3.18. The molecule has 0 aliphatic carbocycles. The first-order valence-electron chi connectivity index (χ1n) is 3.29. The van der Waals surface area contributed by atoms with E-state index in [1.807, 2.05) is 0 Å². The highest BCUT2D eigenvalue weighted by Gasteiger charge is 2.31. The largest absolute Gasteiger partial charge is 0.491 e. The molecule has 0 atom stereocenters. The molecule has 0 fully saturated rings. The van der Waals surface area contributed by atoms with Crippen LogP contribution in [0.4, 0.5) is 13.2 Å². The van der Waals surface area contributed by atoms with Gasteiger partial charge in [-0.05, 0) is 12.1 Å². The molecule has 0 bridgehead atoms. The van der Waals surface area contributed by atoms with E-state index >= 15 is 0 Å². The number of aromatic nitrogens is 1. The maximum absolute atomic E-state index is 12.0. The number of ether oxygens (including phenoxy) is 1. The normalized spacial score (nSPS) is 11.4. The van der Waals surface area contributed by atoms with Crippen molar-refractivity contribution in [2.75, 3.05) is 7.11 Å². The number of halogens is 3. The molecule has 3 nitrogen and oxygen atoms in total. The number of H-pyrrole nitrogens is 1. The molecule has 0 amide bonds. The lowest BCUT2D eigenvalue weighted by Crippen LogP contribution is -2.17. The van der Waals surface area contributed by atoms with Crippen molar-refractivity contribution in [3.8, 4) is 5.75 Å². The lowest BCUT2D eigenvalue weighted by atomic mass is 10.3. The van der Waals surface area contributed by atoms with Gasteiger partial charge in [-0.2, -0.15) is 13.2 Å². The average molecular weight is 193 g/mol. The fraction of sp³-hybridized carbons (Fsp3) is 0.286. The molecule has 1 heterocycles. The van der Waals surface area contributed by atoms with Crippen molar-refractivity contribution in [1.82, 2.24) is 4.98 Å².